The molecule has 31 heavy (non-hydrogen) atoms. The molecule has 8 heteroatoms. The number of hydrazine groups is 1. The zero-order chi connectivity index (χ0) is 24.4. The number of nitrogens with one attached hydrogen (secondary N) is 1. The number of methoxy groups -OCH3 is 1. The van der Waals surface area contributed by atoms with E-state index in [4.69, 9.17) is 10.6 Å². The highest BCUT2D eigenvalue weighted by atomic mass is 19.4. The van der Waals surface area contributed by atoms with Crippen LogP contribution >= 0.6 is 0 Å². The highest BCUT2D eigenvalue weighted by Crippen LogP contribution is 2.26. The first-order valence-corrected chi connectivity index (χ1v) is 9.47. The third-order valence-electron chi connectivity index (χ3n) is 3.96. The predicted molar refractivity (Wildman–Crippen MR) is 118 cm³/mol. The SMILES string of the molecule is C=C(/C=C\C(C)=C/C)OC.CCc1ccc(/C(=C/CC(F)C(F)(F)F)NN)cc1.CF. The molecule has 1 rings (SSSR count). The van der Waals surface area contributed by atoms with Gasteiger partial charge in [0, 0.05) is 6.42 Å². The Morgan fingerprint density at radius 2 is 1.74 bits per heavy atom. The Morgan fingerprint density at radius 3 is 2.13 bits per heavy atom. The third-order valence-corrected chi connectivity index (χ3v) is 3.96. The molecule has 0 fully saturated rings. The van der Waals surface area contributed by atoms with Gasteiger partial charge in [-0.15, -0.1) is 0 Å². The lowest BCUT2D eigenvalue weighted by atomic mass is 10.1. The Morgan fingerprint density at radius 1 is 1.19 bits per heavy atom. The summed E-state index contributed by atoms with van der Waals surface area (Å²) >= 11 is 0. The topological polar surface area (TPSA) is 47.3 Å². The number of alkyl halides is 5. The van der Waals surface area contributed by atoms with E-state index >= 15 is 0 Å². The van der Waals surface area contributed by atoms with Gasteiger partial charge in [0.1, 0.15) is 5.76 Å². The van der Waals surface area contributed by atoms with Crippen molar-refractivity contribution in [2.24, 2.45) is 5.84 Å². The lowest BCUT2D eigenvalue weighted by molar-refractivity contribution is -0.179. The van der Waals surface area contributed by atoms with Gasteiger partial charge in [0.15, 0.2) is 6.17 Å². The molecule has 0 aliphatic heterocycles. The molecule has 3 N–H and O–H groups in total. The summed E-state index contributed by atoms with van der Waals surface area (Å²) in [5, 5.41) is 0. The van der Waals surface area contributed by atoms with Crippen LogP contribution in [0.25, 0.3) is 5.70 Å². The number of hydrogen-bond donors (Lipinski definition) is 2. The van der Waals surface area contributed by atoms with Crippen molar-refractivity contribution in [3.63, 3.8) is 0 Å². The van der Waals surface area contributed by atoms with E-state index in [0.717, 1.165) is 18.1 Å². The van der Waals surface area contributed by atoms with Crippen molar-refractivity contribution >= 4 is 5.70 Å². The van der Waals surface area contributed by atoms with Crippen LogP contribution in [0.5, 0.6) is 0 Å². The van der Waals surface area contributed by atoms with Crippen LogP contribution in [0.3, 0.4) is 0 Å². The third kappa shape index (κ3) is 14.1. The minimum atomic E-state index is -4.84. The van der Waals surface area contributed by atoms with Crippen molar-refractivity contribution in [2.75, 3.05) is 14.3 Å². The second kappa shape index (κ2) is 17.1. The van der Waals surface area contributed by atoms with Crippen LogP contribution < -0.4 is 11.3 Å². The summed E-state index contributed by atoms with van der Waals surface area (Å²) in [6, 6.07) is 7.14. The van der Waals surface area contributed by atoms with Crippen LogP contribution in [0.4, 0.5) is 22.0 Å². The summed E-state index contributed by atoms with van der Waals surface area (Å²) < 4.78 is 63.3. The Labute approximate surface area is 182 Å². The van der Waals surface area contributed by atoms with Gasteiger partial charge >= 0.3 is 6.18 Å². The molecule has 0 aliphatic rings. The number of aryl methyl sites for hydroxylation is 1. The molecule has 3 nitrogen and oxygen atoms in total. The van der Waals surface area contributed by atoms with E-state index in [9.17, 15) is 22.0 Å². The van der Waals surface area contributed by atoms with E-state index < -0.39 is 18.8 Å². The zero-order valence-corrected chi connectivity index (χ0v) is 18.7. The minimum absolute atomic E-state index is 0.273. The largest absolute Gasteiger partial charge is 0.497 e. The van der Waals surface area contributed by atoms with Crippen molar-refractivity contribution in [3.8, 4) is 0 Å². The maximum atomic E-state index is 12.8. The Balaban J connectivity index is 0. The van der Waals surface area contributed by atoms with Crippen LogP contribution in [0, 0.1) is 0 Å². The molecule has 0 radical (unpaired) electrons. The number of hydrogen-bond acceptors (Lipinski definition) is 3. The molecule has 0 aromatic heterocycles. The molecule has 0 heterocycles. The summed E-state index contributed by atoms with van der Waals surface area (Å²) in [5.74, 6) is 5.93. The molecule has 0 aliphatic carbocycles. The monoisotopic (exact) mass is 448 g/mol. The second-order valence-electron chi connectivity index (χ2n) is 6.09. The first-order chi connectivity index (χ1) is 14.6. The van der Waals surface area contributed by atoms with Gasteiger partial charge in [0.25, 0.3) is 0 Å². The fraction of sp³-hybridized carbons (Fsp3) is 0.391. The second-order valence-corrected chi connectivity index (χ2v) is 6.09. The molecule has 0 amide bonds. The van der Waals surface area contributed by atoms with Gasteiger partial charge in [0.05, 0.1) is 20.0 Å². The van der Waals surface area contributed by atoms with E-state index in [0.29, 0.717) is 18.5 Å². The van der Waals surface area contributed by atoms with Crippen molar-refractivity contribution in [3.05, 3.63) is 77.6 Å². The molecular formula is C23H33F5N2O. The number of ether oxygens (including phenoxy) is 1. The summed E-state index contributed by atoms with van der Waals surface area (Å²) in [4.78, 5) is 0. The molecule has 0 bridgehead atoms. The van der Waals surface area contributed by atoms with E-state index in [1.54, 1.807) is 19.2 Å². The smallest absolute Gasteiger partial charge is 0.419 e. The number of allylic oxidation sites excluding steroid dienone is 5. The number of rotatable bonds is 8. The highest BCUT2D eigenvalue weighted by molar-refractivity contribution is 5.63. The van der Waals surface area contributed by atoms with Gasteiger partial charge in [-0.2, -0.15) is 13.2 Å². The predicted octanol–water partition coefficient (Wildman–Crippen LogP) is 6.60. The summed E-state index contributed by atoms with van der Waals surface area (Å²) in [6.45, 7) is 9.66. The number of benzene rings is 1. The van der Waals surface area contributed by atoms with E-state index in [2.05, 4.69) is 12.0 Å². The molecule has 176 valence electrons. The fourth-order valence-corrected chi connectivity index (χ4v) is 1.92. The lowest BCUT2D eigenvalue weighted by Gasteiger charge is -2.12. The normalized spacial score (nSPS) is 12.9. The minimum Gasteiger partial charge on any atom is -0.497 e. The quantitative estimate of drug-likeness (QED) is 0.155. The molecular weight excluding hydrogens is 415 g/mol. The van der Waals surface area contributed by atoms with Crippen LogP contribution in [0.2, 0.25) is 0 Å². The van der Waals surface area contributed by atoms with Crippen LogP contribution in [0.1, 0.15) is 38.3 Å². The van der Waals surface area contributed by atoms with Gasteiger partial charge in [-0.1, -0.05) is 61.6 Å². The number of halogens is 5. The van der Waals surface area contributed by atoms with Crippen LogP contribution in [-0.4, -0.2) is 26.6 Å². The molecule has 1 atom stereocenters. The zero-order valence-electron chi connectivity index (χ0n) is 18.7. The number of nitrogens with two attached hydrogens (primary N) is 1. The van der Waals surface area contributed by atoms with E-state index in [1.165, 1.54) is 5.57 Å². The standard InChI is InChI=1S/C13H16F4N2.C9H14O.CH3F/c1-2-9-3-5-10(6-4-9)11(19-18)7-8-12(14)13(15,16)17;1-5-8(2)6-7-9(3)10-4;1-2/h3-7,12,19H,2,8,18H2,1H3;5-7H,3H2,1-2,4H3;1H3/b11-7-;7-6-,8-5-;. The maximum Gasteiger partial charge on any atom is 0.419 e. The Bertz CT molecular complexity index is 708. The van der Waals surface area contributed by atoms with E-state index in [-0.39, 0.29) is 5.70 Å². The molecule has 0 saturated carbocycles. The van der Waals surface area contributed by atoms with Gasteiger partial charge in [-0.05, 0) is 37.5 Å². The molecule has 1 unspecified atom stereocenters. The average molecular weight is 449 g/mol. The average Bonchev–Trinajstić information content (AvgIpc) is 2.78. The highest BCUT2D eigenvalue weighted by Gasteiger charge is 2.39. The van der Waals surface area contributed by atoms with Crippen LogP contribution in [0.15, 0.2) is 66.5 Å². The first kappa shape index (κ1) is 30.6. The Hall–Kier alpha value is -2.61. The van der Waals surface area contributed by atoms with Gasteiger partial charge in [-0.3, -0.25) is 10.2 Å². The molecule has 1 aromatic rings. The summed E-state index contributed by atoms with van der Waals surface area (Å²) in [6.07, 6.45) is -0.693. The van der Waals surface area contributed by atoms with Crippen molar-refractivity contribution in [1.82, 2.24) is 5.43 Å². The maximum absolute atomic E-state index is 12.8. The lowest BCUT2D eigenvalue weighted by Crippen LogP contribution is -2.25. The van der Waals surface area contributed by atoms with Crippen LogP contribution in [-0.2, 0) is 11.2 Å². The molecule has 1 aromatic carbocycles. The summed E-state index contributed by atoms with van der Waals surface area (Å²) in [7, 11) is 2.11. The van der Waals surface area contributed by atoms with Gasteiger partial charge in [-0.25, -0.2) is 4.39 Å². The van der Waals surface area contributed by atoms with Crippen molar-refractivity contribution in [1.29, 1.82) is 0 Å². The summed E-state index contributed by atoms with van der Waals surface area (Å²) in [5.41, 5.74) is 5.48. The first-order valence-electron chi connectivity index (χ1n) is 9.47. The molecule has 0 saturated heterocycles. The van der Waals surface area contributed by atoms with Crippen molar-refractivity contribution < 1.29 is 26.7 Å². The van der Waals surface area contributed by atoms with Gasteiger partial charge < -0.3 is 10.2 Å². The molecule has 0 spiro atoms. The van der Waals surface area contributed by atoms with Gasteiger partial charge in [0.2, 0.25) is 0 Å². The van der Waals surface area contributed by atoms with E-state index in [1.807, 2.05) is 51.1 Å². The van der Waals surface area contributed by atoms with Crippen molar-refractivity contribution in [2.45, 2.75) is 46.0 Å². The fourth-order valence-electron chi connectivity index (χ4n) is 1.92. The Kier molecular flexibility index (Phi) is 16.9.